The first-order valence-corrected chi connectivity index (χ1v) is 6.09. The van der Waals surface area contributed by atoms with Crippen molar-refractivity contribution >= 4 is 17.7 Å². The Balaban J connectivity index is 2.65. The van der Waals surface area contributed by atoms with Crippen molar-refractivity contribution in [2.24, 2.45) is 5.92 Å². The number of esters is 1. The molecule has 19 heavy (non-hydrogen) atoms. The van der Waals surface area contributed by atoms with Gasteiger partial charge in [-0.1, -0.05) is 26.0 Å². The van der Waals surface area contributed by atoms with Crippen LogP contribution in [0.2, 0.25) is 0 Å². The van der Waals surface area contributed by atoms with Crippen molar-refractivity contribution < 1.29 is 19.1 Å². The topological polar surface area (TPSA) is 64.6 Å². The number of hydrogen-bond donors (Lipinski definition) is 1. The minimum Gasteiger partial charge on any atom is -0.458 e. The van der Waals surface area contributed by atoms with E-state index in [9.17, 15) is 9.59 Å². The third kappa shape index (κ3) is 4.62. The van der Waals surface area contributed by atoms with E-state index in [1.165, 1.54) is 7.11 Å². The highest BCUT2D eigenvalue weighted by atomic mass is 16.5. The second-order valence-electron chi connectivity index (χ2n) is 4.47. The average molecular weight is 265 g/mol. The molecule has 0 aliphatic rings. The second kappa shape index (κ2) is 6.78. The van der Waals surface area contributed by atoms with Gasteiger partial charge in [0.1, 0.15) is 6.10 Å². The van der Waals surface area contributed by atoms with Gasteiger partial charge in [-0.15, -0.1) is 0 Å². The monoisotopic (exact) mass is 265 g/mol. The highest BCUT2D eigenvalue weighted by Gasteiger charge is 2.14. The zero-order valence-electron chi connectivity index (χ0n) is 11.6. The maximum atomic E-state index is 11.5. The van der Waals surface area contributed by atoms with Crippen LogP contribution in [0.25, 0.3) is 0 Å². The van der Waals surface area contributed by atoms with E-state index in [4.69, 9.17) is 4.74 Å². The molecule has 1 aromatic carbocycles. The minimum atomic E-state index is -0.521. The molecule has 1 atom stereocenters. The Labute approximate surface area is 112 Å². The summed E-state index contributed by atoms with van der Waals surface area (Å²) in [4.78, 5) is 22.5. The van der Waals surface area contributed by atoms with Crippen molar-refractivity contribution in [3.05, 3.63) is 29.8 Å². The molecule has 0 fully saturated rings. The van der Waals surface area contributed by atoms with Crippen LogP contribution in [0, 0.1) is 5.92 Å². The van der Waals surface area contributed by atoms with Crippen molar-refractivity contribution in [1.82, 2.24) is 0 Å². The number of anilines is 1. The Morgan fingerprint density at radius 2 is 1.68 bits per heavy atom. The van der Waals surface area contributed by atoms with Crippen LogP contribution in [0.1, 0.15) is 32.4 Å². The number of nitrogens with one attached hydrogen (secondary N) is 1. The Hall–Kier alpha value is -2.04. The molecule has 5 heteroatoms. The summed E-state index contributed by atoms with van der Waals surface area (Å²) in [6.07, 6.45) is -0.839. The maximum absolute atomic E-state index is 11.5. The molecule has 0 aromatic heterocycles. The highest BCUT2D eigenvalue weighted by Crippen LogP contribution is 2.20. The first-order valence-electron chi connectivity index (χ1n) is 6.09. The van der Waals surface area contributed by atoms with E-state index < -0.39 is 6.09 Å². The van der Waals surface area contributed by atoms with Crippen LogP contribution in [0.15, 0.2) is 24.3 Å². The zero-order valence-corrected chi connectivity index (χ0v) is 11.6. The molecule has 0 aliphatic carbocycles. The number of carbonyl (C=O) groups excluding carboxylic acids is 2. The summed E-state index contributed by atoms with van der Waals surface area (Å²) in [5.41, 5.74) is 1.49. The lowest BCUT2D eigenvalue weighted by molar-refractivity contribution is -0.152. The normalized spacial score (nSPS) is 11.8. The number of hydrogen-bond acceptors (Lipinski definition) is 4. The van der Waals surface area contributed by atoms with Crippen LogP contribution in [-0.2, 0) is 14.3 Å². The van der Waals surface area contributed by atoms with Gasteiger partial charge in [0.2, 0.25) is 0 Å². The van der Waals surface area contributed by atoms with Gasteiger partial charge in [0.25, 0.3) is 0 Å². The van der Waals surface area contributed by atoms with Crippen LogP contribution in [-0.4, -0.2) is 19.2 Å². The Kier molecular flexibility index (Phi) is 5.36. The van der Waals surface area contributed by atoms with Gasteiger partial charge >= 0.3 is 12.1 Å². The maximum Gasteiger partial charge on any atom is 0.411 e. The quantitative estimate of drug-likeness (QED) is 0.849. The largest absolute Gasteiger partial charge is 0.458 e. The van der Waals surface area contributed by atoms with Crippen molar-refractivity contribution in [1.29, 1.82) is 0 Å². The van der Waals surface area contributed by atoms with E-state index >= 15 is 0 Å². The molecule has 1 amide bonds. The van der Waals surface area contributed by atoms with Gasteiger partial charge in [-0.25, -0.2) is 4.79 Å². The first kappa shape index (κ1) is 15.0. The Bertz CT molecular complexity index is 439. The summed E-state index contributed by atoms with van der Waals surface area (Å²) in [6, 6.07) is 7.05. The molecule has 5 nitrogen and oxygen atoms in total. The number of carbonyl (C=O) groups is 2. The first-order chi connectivity index (χ1) is 8.93. The van der Waals surface area contributed by atoms with E-state index in [0.717, 1.165) is 5.56 Å². The Morgan fingerprint density at radius 1 is 1.11 bits per heavy atom. The van der Waals surface area contributed by atoms with E-state index in [1.807, 2.05) is 6.92 Å². The van der Waals surface area contributed by atoms with Crippen LogP contribution in [0.4, 0.5) is 10.5 Å². The zero-order chi connectivity index (χ0) is 14.4. The van der Waals surface area contributed by atoms with E-state index in [-0.39, 0.29) is 18.0 Å². The van der Waals surface area contributed by atoms with E-state index in [0.29, 0.717) is 5.69 Å². The van der Waals surface area contributed by atoms with Crippen LogP contribution >= 0.6 is 0 Å². The summed E-state index contributed by atoms with van der Waals surface area (Å²) >= 11 is 0. The van der Waals surface area contributed by atoms with Crippen LogP contribution in [0.3, 0.4) is 0 Å². The molecular formula is C14H19NO4. The molecule has 1 unspecified atom stereocenters. The summed E-state index contributed by atoms with van der Waals surface area (Å²) in [6.45, 7) is 5.39. The smallest absolute Gasteiger partial charge is 0.411 e. The van der Waals surface area contributed by atoms with Gasteiger partial charge in [-0.3, -0.25) is 10.1 Å². The van der Waals surface area contributed by atoms with Gasteiger partial charge in [-0.05, 0) is 24.6 Å². The average Bonchev–Trinajstić information content (AvgIpc) is 2.39. The third-order valence-corrected chi connectivity index (χ3v) is 2.58. The lowest BCUT2D eigenvalue weighted by atomic mass is 10.1. The molecule has 104 valence electrons. The predicted molar refractivity (Wildman–Crippen MR) is 71.8 cm³/mol. The standard InChI is InChI=1S/C14H19NO4/c1-9(2)13(16)19-10(3)11-5-7-12(8-6-11)15-14(17)18-4/h5-10H,1-4H3,(H,15,17). The molecule has 1 aromatic rings. The minimum absolute atomic E-state index is 0.150. The highest BCUT2D eigenvalue weighted by molar-refractivity contribution is 5.84. The fraction of sp³-hybridized carbons (Fsp3) is 0.429. The fourth-order valence-electron chi connectivity index (χ4n) is 1.38. The second-order valence-corrected chi connectivity index (χ2v) is 4.47. The van der Waals surface area contributed by atoms with E-state index in [1.54, 1.807) is 38.1 Å². The Morgan fingerprint density at radius 3 is 2.16 bits per heavy atom. The number of methoxy groups -OCH3 is 1. The molecule has 0 radical (unpaired) electrons. The van der Waals surface area contributed by atoms with Gasteiger partial charge in [0.05, 0.1) is 13.0 Å². The SMILES string of the molecule is COC(=O)Nc1ccc(C(C)OC(=O)C(C)C)cc1. The number of ether oxygens (including phenoxy) is 2. The molecule has 0 aliphatic heterocycles. The van der Waals surface area contributed by atoms with Gasteiger partial charge < -0.3 is 9.47 Å². The fourth-order valence-corrected chi connectivity index (χ4v) is 1.38. The van der Waals surface area contributed by atoms with Crippen molar-refractivity contribution in [3.63, 3.8) is 0 Å². The molecule has 1 rings (SSSR count). The lowest BCUT2D eigenvalue weighted by Gasteiger charge is -2.15. The summed E-state index contributed by atoms with van der Waals surface area (Å²) in [7, 11) is 1.30. The molecular weight excluding hydrogens is 246 g/mol. The van der Waals surface area contributed by atoms with Gasteiger partial charge in [0.15, 0.2) is 0 Å². The summed E-state index contributed by atoms with van der Waals surface area (Å²) in [5, 5.41) is 2.55. The number of rotatable bonds is 4. The third-order valence-electron chi connectivity index (χ3n) is 2.58. The number of benzene rings is 1. The van der Waals surface area contributed by atoms with E-state index in [2.05, 4.69) is 10.1 Å². The van der Waals surface area contributed by atoms with Crippen LogP contribution < -0.4 is 5.32 Å². The summed E-state index contributed by atoms with van der Waals surface area (Å²) < 4.78 is 9.78. The lowest BCUT2D eigenvalue weighted by Crippen LogP contribution is -2.14. The van der Waals surface area contributed by atoms with Gasteiger partial charge in [0, 0.05) is 5.69 Å². The summed E-state index contributed by atoms with van der Waals surface area (Å²) in [5.74, 6) is -0.382. The molecule has 0 spiro atoms. The van der Waals surface area contributed by atoms with Gasteiger partial charge in [-0.2, -0.15) is 0 Å². The van der Waals surface area contributed by atoms with Crippen molar-refractivity contribution in [2.75, 3.05) is 12.4 Å². The molecule has 0 bridgehead atoms. The molecule has 0 heterocycles. The van der Waals surface area contributed by atoms with Crippen molar-refractivity contribution in [3.8, 4) is 0 Å². The predicted octanol–water partition coefficient (Wildman–Crippen LogP) is 3.13. The molecule has 0 saturated heterocycles. The van der Waals surface area contributed by atoms with Crippen molar-refractivity contribution in [2.45, 2.75) is 26.9 Å². The molecule has 1 N–H and O–H groups in total. The van der Waals surface area contributed by atoms with Crippen LogP contribution in [0.5, 0.6) is 0 Å². The number of amides is 1. The molecule has 0 saturated carbocycles.